The minimum Gasteiger partial charge on any atom is -0.493 e. The van der Waals surface area contributed by atoms with E-state index < -0.39 is 37.6 Å². The van der Waals surface area contributed by atoms with Crippen molar-refractivity contribution in [2.75, 3.05) is 27.4 Å². The molecule has 14 heteroatoms. The average Bonchev–Trinajstić information content (AvgIpc) is 2.93. The van der Waals surface area contributed by atoms with Crippen molar-refractivity contribution < 1.29 is 45.0 Å². The highest BCUT2D eigenvalue weighted by molar-refractivity contribution is 7.87. The quantitative estimate of drug-likeness (QED) is 0.123. The fourth-order valence-corrected chi connectivity index (χ4v) is 4.53. The first-order valence-electron chi connectivity index (χ1n) is 11.8. The lowest BCUT2D eigenvalue weighted by Gasteiger charge is -2.22. The maximum absolute atomic E-state index is 13.1. The molecule has 1 amide bonds. The minimum absolute atomic E-state index is 0.00265. The van der Waals surface area contributed by atoms with Gasteiger partial charge >= 0.3 is 16.3 Å². The summed E-state index contributed by atoms with van der Waals surface area (Å²) in [5.74, 6) is -0.726. The maximum atomic E-state index is 13.1. The summed E-state index contributed by atoms with van der Waals surface area (Å²) in [6, 6.07) is 13.0. The zero-order chi connectivity index (χ0) is 30.2. The van der Waals surface area contributed by atoms with Crippen LogP contribution in [0.2, 0.25) is 0 Å². The number of ether oxygens (including phenoxy) is 2. The van der Waals surface area contributed by atoms with Crippen molar-refractivity contribution in [3.63, 3.8) is 0 Å². The van der Waals surface area contributed by atoms with E-state index in [0.717, 1.165) is 18.2 Å². The van der Waals surface area contributed by atoms with E-state index in [2.05, 4.69) is 0 Å². The number of hydrogen-bond donors (Lipinski definition) is 0. The van der Waals surface area contributed by atoms with Gasteiger partial charge in [0.2, 0.25) is 5.91 Å². The number of benzene rings is 3. The number of nitro groups is 1. The molecule has 0 spiro atoms. The van der Waals surface area contributed by atoms with Crippen LogP contribution in [0.1, 0.15) is 16.7 Å². The molecular formula is C27H25F3N2O8S. The van der Waals surface area contributed by atoms with E-state index in [1.54, 1.807) is 6.07 Å². The Labute approximate surface area is 233 Å². The van der Waals surface area contributed by atoms with Gasteiger partial charge in [-0.05, 0) is 59.7 Å². The van der Waals surface area contributed by atoms with Crippen molar-refractivity contribution >= 4 is 27.8 Å². The van der Waals surface area contributed by atoms with Crippen molar-refractivity contribution in [1.29, 1.82) is 0 Å². The molecule has 3 rings (SSSR count). The maximum Gasteiger partial charge on any atom is 0.416 e. The Kier molecular flexibility index (Phi) is 10.1. The Morgan fingerprint density at radius 2 is 1.73 bits per heavy atom. The fraction of sp³-hybridized carbons (Fsp3) is 0.222. The summed E-state index contributed by atoms with van der Waals surface area (Å²) < 4.78 is 80.4. The number of nitro benzene ring substituents is 1. The van der Waals surface area contributed by atoms with Gasteiger partial charge in [0, 0.05) is 38.4 Å². The third-order valence-corrected chi connectivity index (χ3v) is 6.88. The molecule has 0 heterocycles. The predicted octanol–water partition coefficient (Wildman–Crippen LogP) is 5.08. The first kappa shape index (κ1) is 31.1. The largest absolute Gasteiger partial charge is 0.493 e. The van der Waals surface area contributed by atoms with Gasteiger partial charge in [-0.2, -0.15) is 21.6 Å². The van der Waals surface area contributed by atoms with E-state index in [1.807, 2.05) is 0 Å². The van der Waals surface area contributed by atoms with Crippen LogP contribution in [0.5, 0.6) is 11.5 Å². The van der Waals surface area contributed by atoms with Crippen LogP contribution in [-0.4, -0.2) is 51.5 Å². The molecule has 3 aromatic rings. The number of halogens is 3. The molecule has 0 saturated heterocycles. The smallest absolute Gasteiger partial charge is 0.416 e. The second-order valence-electron chi connectivity index (χ2n) is 8.48. The molecule has 0 aromatic heterocycles. The van der Waals surface area contributed by atoms with E-state index >= 15 is 0 Å². The monoisotopic (exact) mass is 594 g/mol. The average molecular weight is 595 g/mol. The van der Waals surface area contributed by atoms with Gasteiger partial charge in [-0.1, -0.05) is 12.1 Å². The van der Waals surface area contributed by atoms with Gasteiger partial charge in [-0.25, -0.2) is 0 Å². The van der Waals surface area contributed by atoms with Crippen LogP contribution in [0.4, 0.5) is 18.9 Å². The van der Waals surface area contributed by atoms with Crippen molar-refractivity contribution in [1.82, 2.24) is 4.90 Å². The SMILES string of the molecule is COCCN(Cc1ccc(OC)c(OS(=O)(=O)c2cccc(C(F)(F)F)c2)c1)C(=O)/C=C/c1ccc([N+](=O)[O-])cc1. The molecule has 0 atom stereocenters. The highest BCUT2D eigenvalue weighted by Gasteiger charge is 2.32. The predicted molar refractivity (Wildman–Crippen MR) is 142 cm³/mol. The molecule has 0 fully saturated rings. The molecule has 0 N–H and O–H groups in total. The Morgan fingerprint density at radius 1 is 1.02 bits per heavy atom. The van der Waals surface area contributed by atoms with E-state index in [-0.39, 0.29) is 36.9 Å². The summed E-state index contributed by atoms with van der Waals surface area (Å²) in [7, 11) is -1.97. The number of carbonyl (C=O) groups is 1. The van der Waals surface area contributed by atoms with E-state index in [9.17, 15) is 36.5 Å². The van der Waals surface area contributed by atoms with Crippen LogP contribution < -0.4 is 8.92 Å². The highest BCUT2D eigenvalue weighted by atomic mass is 32.2. The third kappa shape index (κ3) is 8.53. The third-order valence-electron chi connectivity index (χ3n) is 5.65. The van der Waals surface area contributed by atoms with Crippen LogP contribution in [0.3, 0.4) is 0 Å². The normalized spacial score (nSPS) is 11.8. The summed E-state index contributed by atoms with van der Waals surface area (Å²) in [4.78, 5) is 24.0. The lowest BCUT2D eigenvalue weighted by Crippen LogP contribution is -2.32. The van der Waals surface area contributed by atoms with Gasteiger partial charge in [-0.3, -0.25) is 14.9 Å². The van der Waals surface area contributed by atoms with E-state index in [1.165, 1.54) is 67.7 Å². The second kappa shape index (κ2) is 13.3. The number of methoxy groups -OCH3 is 2. The summed E-state index contributed by atoms with van der Waals surface area (Å²) in [6.45, 7) is 0.321. The number of rotatable bonds is 12. The molecule has 0 radical (unpaired) electrons. The molecule has 0 aliphatic heterocycles. The second-order valence-corrected chi connectivity index (χ2v) is 10.0. The first-order chi connectivity index (χ1) is 19.3. The van der Waals surface area contributed by atoms with Gasteiger partial charge in [0.25, 0.3) is 5.69 Å². The van der Waals surface area contributed by atoms with Crippen molar-refractivity contribution in [2.24, 2.45) is 0 Å². The van der Waals surface area contributed by atoms with Crippen molar-refractivity contribution in [3.05, 3.63) is 99.6 Å². The zero-order valence-corrected chi connectivity index (χ0v) is 22.6. The standard InChI is InChI=1S/C27H25F3N2O8S/c1-38-15-14-31(26(33)13-9-19-6-10-22(11-7-19)32(34)35)18-20-8-12-24(39-2)25(16-20)40-41(36,37)23-5-3-4-21(17-23)27(28,29)30/h3-13,16-17H,14-15,18H2,1-2H3/b13-9+. The molecule has 10 nitrogen and oxygen atoms in total. The number of carbonyl (C=O) groups excluding carboxylic acids is 1. The van der Waals surface area contributed by atoms with E-state index in [4.69, 9.17) is 13.7 Å². The van der Waals surface area contributed by atoms with Gasteiger partial charge in [0.15, 0.2) is 11.5 Å². The van der Waals surface area contributed by atoms with Crippen LogP contribution in [0.25, 0.3) is 6.08 Å². The number of hydrogen-bond acceptors (Lipinski definition) is 8. The molecule has 0 aliphatic rings. The van der Waals surface area contributed by atoms with E-state index in [0.29, 0.717) is 17.2 Å². The lowest BCUT2D eigenvalue weighted by molar-refractivity contribution is -0.384. The summed E-state index contributed by atoms with van der Waals surface area (Å²) in [5, 5.41) is 10.8. The Balaban J connectivity index is 1.84. The molecule has 3 aromatic carbocycles. The first-order valence-corrected chi connectivity index (χ1v) is 13.2. The Hall–Kier alpha value is -4.43. The number of non-ortho nitro benzene ring substituents is 1. The van der Waals surface area contributed by atoms with Crippen LogP contribution in [0.15, 0.2) is 77.7 Å². The van der Waals surface area contributed by atoms with Gasteiger partial charge in [-0.15, -0.1) is 0 Å². The number of amides is 1. The van der Waals surface area contributed by atoms with Gasteiger partial charge in [0.05, 0.1) is 24.2 Å². The molecule has 0 bridgehead atoms. The van der Waals surface area contributed by atoms with Gasteiger partial charge < -0.3 is 18.6 Å². The molecular weight excluding hydrogens is 569 g/mol. The Bertz CT molecular complexity index is 1520. The van der Waals surface area contributed by atoms with Crippen molar-refractivity contribution in [3.8, 4) is 11.5 Å². The van der Waals surface area contributed by atoms with Gasteiger partial charge in [0.1, 0.15) is 4.90 Å². The topological polar surface area (TPSA) is 125 Å². The molecule has 41 heavy (non-hydrogen) atoms. The van der Waals surface area contributed by atoms with Crippen LogP contribution in [0, 0.1) is 10.1 Å². The summed E-state index contributed by atoms with van der Waals surface area (Å²) in [6.07, 6.45) is -2.00. The number of nitrogens with zero attached hydrogens (tertiary/aromatic N) is 2. The minimum atomic E-state index is -4.76. The molecule has 0 saturated carbocycles. The van der Waals surface area contributed by atoms with Crippen LogP contribution in [-0.2, 0) is 32.4 Å². The Morgan fingerprint density at radius 3 is 2.34 bits per heavy atom. The number of alkyl halides is 3. The highest BCUT2D eigenvalue weighted by Crippen LogP contribution is 2.34. The lowest BCUT2D eigenvalue weighted by atomic mass is 10.1. The van der Waals surface area contributed by atoms with Crippen LogP contribution >= 0.6 is 0 Å². The molecule has 218 valence electrons. The van der Waals surface area contributed by atoms with Crippen molar-refractivity contribution in [2.45, 2.75) is 17.6 Å². The zero-order valence-electron chi connectivity index (χ0n) is 21.8. The summed E-state index contributed by atoms with van der Waals surface area (Å²) in [5.41, 5.74) is -0.274. The fourth-order valence-electron chi connectivity index (χ4n) is 3.55. The molecule has 0 aliphatic carbocycles. The summed E-state index contributed by atoms with van der Waals surface area (Å²) >= 11 is 0. The molecule has 0 unspecified atom stereocenters.